The molecule has 0 aliphatic carbocycles. The lowest BCUT2D eigenvalue weighted by Crippen LogP contribution is -2.01. The highest BCUT2D eigenvalue weighted by atomic mass is 32.1. The molecule has 0 bridgehead atoms. The first-order chi connectivity index (χ1) is 27.7. The van der Waals surface area contributed by atoms with Crippen LogP contribution in [-0.2, 0) is 0 Å². The first-order valence-corrected chi connectivity index (χ1v) is 19.6. The van der Waals surface area contributed by atoms with Crippen molar-refractivity contribution in [3.63, 3.8) is 0 Å². The van der Waals surface area contributed by atoms with Crippen LogP contribution >= 0.6 is 11.3 Å². The Morgan fingerprint density at radius 3 is 1.46 bits per heavy atom. The molecule has 0 saturated heterocycles. The molecule has 0 aliphatic rings. The van der Waals surface area contributed by atoms with Gasteiger partial charge in [-0.05, 0) is 64.7 Å². The van der Waals surface area contributed by atoms with Gasteiger partial charge in [0.25, 0.3) is 0 Å². The van der Waals surface area contributed by atoms with Gasteiger partial charge in [0.1, 0.15) is 0 Å². The fraction of sp³-hybridized carbons (Fsp3) is 0. The summed E-state index contributed by atoms with van der Waals surface area (Å²) >= 11 is 1.86. The van der Waals surface area contributed by atoms with Gasteiger partial charge >= 0.3 is 0 Å². The molecule has 0 aliphatic heterocycles. The summed E-state index contributed by atoms with van der Waals surface area (Å²) in [5.41, 5.74) is 10.7. The van der Waals surface area contributed by atoms with Gasteiger partial charge in [-0.25, -0.2) is 15.0 Å². The van der Waals surface area contributed by atoms with E-state index < -0.39 is 0 Å². The highest BCUT2D eigenvalue weighted by Crippen LogP contribution is 2.42. The summed E-state index contributed by atoms with van der Waals surface area (Å²) in [6.45, 7) is 0. The predicted molar refractivity (Wildman–Crippen MR) is 234 cm³/mol. The number of fused-ring (bicyclic) bond motifs is 6. The van der Waals surface area contributed by atoms with Gasteiger partial charge in [0.05, 0.1) is 11.0 Å². The Morgan fingerprint density at radius 2 is 0.804 bits per heavy atom. The van der Waals surface area contributed by atoms with E-state index in [9.17, 15) is 0 Å². The summed E-state index contributed by atoms with van der Waals surface area (Å²) in [7, 11) is 0. The Hall–Kier alpha value is -7.21. The number of benzene rings is 8. The molecule has 5 heteroatoms. The second kappa shape index (κ2) is 13.3. The quantitative estimate of drug-likeness (QED) is 0.171. The Balaban J connectivity index is 1.18. The van der Waals surface area contributed by atoms with E-state index in [0.717, 1.165) is 44.5 Å². The highest BCUT2D eigenvalue weighted by Gasteiger charge is 2.19. The van der Waals surface area contributed by atoms with Crippen LogP contribution < -0.4 is 0 Å². The maximum absolute atomic E-state index is 5.17. The van der Waals surface area contributed by atoms with Crippen LogP contribution in [-0.4, -0.2) is 19.5 Å². The number of rotatable bonds is 6. The van der Waals surface area contributed by atoms with Gasteiger partial charge in [0.15, 0.2) is 17.5 Å². The predicted octanol–water partition coefficient (Wildman–Crippen LogP) is 13.7. The third-order valence-corrected chi connectivity index (χ3v) is 11.8. The number of hydrogen-bond donors (Lipinski definition) is 0. The normalized spacial score (nSPS) is 11.6. The van der Waals surface area contributed by atoms with E-state index in [1.807, 2.05) is 47.7 Å². The van der Waals surface area contributed by atoms with Crippen LogP contribution in [0.15, 0.2) is 194 Å². The Labute approximate surface area is 327 Å². The van der Waals surface area contributed by atoms with Crippen molar-refractivity contribution < 1.29 is 0 Å². The lowest BCUT2D eigenvalue weighted by molar-refractivity contribution is 1.07. The van der Waals surface area contributed by atoms with E-state index in [0.29, 0.717) is 17.5 Å². The minimum absolute atomic E-state index is 0.619. The zero-order valence-electron chi connectivity index (χ0n) is 30.2. The summed E-state index contributed by atoms with van der Waals surface area (Å²) in [6.07, 6.45) is 0. The van der Waals surface area contributed by atoms with Gasteiger partial charge in [0.2, 0.25) is 0 Å². The van der Waals surface area contributed by atoms with Gasteiger partial charge in [-0.2, -0.15) is 0 Å². The number of nitrogens with zero attached hydrogens (tertiary/aromatic N) is 4. The maximum atomic E-state index is 5.17. The number of hydrogen-bond acceptors (Lipinski definition) is 4. The zero-order valence-corrected chi connectivity index (χ0v) is 31.0. The van der Waals surface area contributed by atoms with Crippen LogP contribution in [0.3, 0.4) is 0 Å². The summed E-state index contributed by atoms with van der Waals surface area (Å²) in [5.74, 6) is 1.89. The third kappa shape index (κ3) is 5.56. The maximum Gasteiger partial charge on any atom is 0.164 e. The average Bonchev–Trinajstić information content (AvgIpc) is 3.81. The molecule has 56 heavy (non-hydrogen) atoms. The summed E-state index contributed by atoms with van der Waals surface area (Å²) in [5, 5.41) is 5.01. The largest absolute Gasteiger partial charge is 0.309 e. The monoisotopic (exact) mass is 732 g/mol. The molecule has 0 amide bonds. The summed E-state index contributed by atoms with van der Waals surface area (Å²) in [4.78, 5) is 15.3. The van der Waals surface area contributed by atoms with Crippen molar-refractivity contribution in [2.75, 3.05) is 0 Å². The van der Waals surface area contributed by atoms with Crippen molar-refractivity contribution in [3.05, 3.63) is 194 Å². The number of aromatic nitrogens is 4. The van der Waals surface area contributed by atoms with E-state index in [-0.39, 0.29) is 0 Å². The molecule has 11 aromatic rings. The molecule has 4 nitrogen and oxygen atoms in total. The molecule has 0 radical (unpaired) electrons. The molecule has 0 N–H and O–H groups in total. The fourth-order valence-electron chi connectivity index (χ4n) is 7.92. The molecule has 0 saturated carbocycles. The van der Waals surface area contributed by atoms with Crippen LogP contribution in [0.5, 0.6) is 0 Å². The fourth-order valence-corrected chi connectivity index (χ4v) is 9.05. The molecule has 3 heterocycles. The minimum atomic E-state index is 0.619. The third-order valence-electron chi connectivity index (χ3n) is 10.6. The minimum Gasteiger partial charge on any atom is -0.309 e. The van der Waals surface area contributed by atoms with Crippen LogP contribution in [0, 0.1) is 0 Å². The molecular formula is C51H32N4S. The van der Waals surface area contributed by atoms with E-state index in [2.05, 4.69) is 162 Å². The van der Waals surface area contributed by atoms with Crippen molar-refractivity contribution in [1.82, 2.24) is 19.5 Å². The highest BCUT2D eigenvalue weighted by molar-refractivity contribution is 7.25. The second-order valence-corrected chi connectivity index (χ2v) is 15.2. The molecule has 8 aromatic carbocycles. The lowest BCUT2D eigenvalue weighted by atomic mass is 9.98. The second-order valence-electron chi connectivity index (χ2n) is 14.1. The van der Waals surface area contributed by atoms with Gasteiger partial charge < -0.3 is 4.57 Å². The van der Waals surface area contributed by atoms with Crippen LogP contribution in [0.1, 0.15) is 0 Å². The first kappa shape index (κ1) is 32.2. The first-order valence-electron chi connectivity index (χ1n) is 18.8. The molecule has 3 aromatic heterocycles. The number of para-hydroxylation sites is 1. The molecule has 0 fully saturated rings. The van der Waals surface area contributed by atoms with Crippen LogP contribution in [0.25, 0.3) is 104 Å². The Kier molecular flexibility index (Phi) is 7.64. The van der Waals surface area contributed by atoms with E-state index in [1.54, 1.807) is 0 Å². The van der Waals surface area contributed by atoms with Crippen molar-refractivity contribution in [1.29, 1.82) is 0 Å². The SMILES string of the molecule is c1ccc(-c2ccc(-c3cc(-c4nc(-c5ccccc5)nc(-c5ccccc5)n4)cc(-n4c5ccccc5c5cc6sc7ccccc7c6cc54)c3)cc2)cc1. The van der Waals surface area contributed by atoms with Crippen LogP contribution in [0.4, 0.5) is 0 Å². The Morgan fingerprint density at radius 1 is 0.304 bits per heavy atom. The Bertz CT molecular complexity index is 3160. The van der Waals surface area contributed by atoms with E-state index in [1.165, 1.54) is 42.1 Å². The molecule has 0 atom stereocenters. The van der Waals surface area contributed by atoms with Crippen molar-refractivity contribution in [3.8, 4) is 62.1 Å². The van der Waals surface area contributed by atoms with Gasteiger partial charge in [0, 0.05) is 53.3 Å². The van der Waals surface area contributed by atoms with Crippen LogP contribution in [0.2, 0.25) is 0 Å². The van der Waals surface area contributed by atoms with Gasteiger partial charge in [-0.1, -0.05) is 152 Å². The van der Waals surface area contributed by atoms with E-state index in [4.69, 9.17) is 15.0 Å². The molecule has 262 valence electrons. The van der Waals surface area contributed by atoms with Crippen molar-refractivity contribution in [2.45, 2.75) is 0 Å². The summed E-state index contributed by atoms with van der Waals surface area (Å²) in [6, 6.07) is 68.7. The molecular weight excluding hydrogens is 701 g/mol. The topological polar surface area (TPSA) is 43.6 Å². The average molecular weight is 733 g/mol. The van der Waals surface area contributed by atoms with Crippen molar-refractivity contribution in [2.24, 2.45) is 0 Å². The smallest absolute Gasteiger partial charge is 0.164 e. The van der Waals surface area contributed by atoms with E-state index >= 15 is 0 Å². The van der Waals surface area contributed by atoms with Gasteiger partial charge in [-0.3, -0.25) is 0 Å². The zero-order chi connectivity index (χ0) is 37.0. The summed E-state index contributed by atoms with van der Waals surface area (Å²) < 4.78 is 5.01. The molecule has 0 spiro atoms. The van der Waals surface area contributed by atoms with Crippen molar-refractivity contribution >= 4 is 53.3 Å². The number of thiophene rings is 1. The van der Waals surface area contributed by atoms with Gasteiger partial charge in [-0.15, -0.1) is 11.3 Å². The lowest BCUT2D eigenvalue weighted by Gasteiger charge is -2.15. The molecule has 0 unspecified atom stereocenters. The standard InChI is InChI=1S/C51H32N4S/c1-4-14-33(15-5-1)34-24-26-35(27-25-34)38-28-39(51-53-49(36-16-6-2-7-17-36)52-50(54-51)37-18-8-3-9-19-37)30-40(29-38)55-45-22-12-10-20-41(45)43-32-48-44(31-46(43)55)42-21-11-13-23-47(42)56-48/h1-32H. The molecule has 11 rings (SSSR count).